The van der Waals surface area contributed by atoms with E-state index < -0.39 is 5.97 Å². The second-order valence-corrected chi connectivity index (χ2v) is 6.40. The molecule has 22 heavy (non-hydrogen) atoms. The van der Waals surface area contributed by atoms with E-state index in [1.165, 1.54) is 0 Å². The molecule has 0 aromatic heterocycles. The first-order valence-electron chi connectivity index (χ1n) is 6.82. The van der Waals surface area contributed by atoms with E-state index in [9.17, 15) is 9.59 Å². The lowest BCUT2D eigenvalue weighted by Gasteiger charge is -2.11. The van der Waals surface area contributed by atoms with Crippen molar-refractivity contribution in [3.63, 3.8) is 0 Å². The Kier molecular flexibility index (Phi) is 5.91. The van der Waals surface area contributed by atoms with Crippen LogP contribution in [0.2, 0.25) is 0 Å². The fourth-order valence-electron chi connectivity index (χ4n) is 1.93. The molecule has 2 aromatic rings. The molecule has 0 heterocycles. The summed E-state index contributed by atoms with van der Waals surface area (Å²) in [4.78, 5) is 24.4. The third kappa shape index (κ3) is 4.05. The number of esters is 1. The van der Waals surface area contributed by atoms with Crippen molar-refractivity contribution >= 4 is 43.6 Å². The first kappa shape index (κ1) is 16.9. The van der Waals surface area contributed by atoms with Crippen LogP contribution in [0.4, 0.5) is 0 Å². The quantitative estimate of drug-likeness (QED) is 0.365. The van der Waals surface area contributed by atoms with Crippen molar-refractivity contribution in [1.29, 1.82) is 0 Å². The summed E-state index contributed by atoms with van der Waals surface area (Å²) >= 11 is 6.74. The summed E-state index contributed by atoms with van der Waals surface area (Å²) in [7, 11) is 0. The number of rotatable bonds is 5. The highest BCUT2D eigenvalue weighted by Gasteiger charge is 2.18. The maximum atomic E-state index is 12.2. The molecule has 2 aromatic carbocycles. The van der Waals surface area contributed by atoms with Gasteiger partial charge < -0.3 is 4.74 Å². The third-order valence-corrected chi connectivity index (χ3v) is 4.86. The smallest absolute Gasteiger partial charge is 0.343 e. The zero-order valence-corrected chi connectivity index (χ0v) is 15.1. The van der Waals surface area contributed by atoms with Crippen molar-refractivity contribution in [2.45, 2.75) is 19.8 Å². The van der Waals surface area contributed by atoms with Crippen LogP contribution >= 0.6 is 31.9 Å². The second kappa shape index (κ2) is 7.70. The molecule has 0 unspecified atom stereocenters. The molecule has 0 saturated carbocycles. The summed E-state index contributed by atoms with van der Waals surface area (Å²) in [6, 6.07) is 12.0. The number of Topliss-reactive ketones (excluding diaryl/α,β-unsaturated/α-hetero) is 1. The number of carbonyl (C=O) groups excluding carboxylic acids is 2. The maximum Gasteiger partial charge on any atom is 0.343 e. The van der Waals surface area contributed by atoms with E-state index in [0.717, 1.165) is 15.4 Å². The minimum atomic E-state index is -0.486. The Balaban J connectivity index is 2.35. The summed E-state index contributed by atoms with van der Waals surface area (Å²) in [6.07, 6.45) is 1.14. The Hall–Kier alpha value is -1.46. The molecule has 0 aliphatic rings. The molecular formula is C17H14Br2O3. The molecule has 2 rings (SSSR count). The van der Waals surface area contributed by atoms with Gasteiger partial charge in [-0.3, -0.25) is 4.79 Å². The van der Waals surface area contributed by atoms with Gasteiger partial charge in [-0.15, -0.1) is 0 Å². The summed E-state index contributed by atoms with van der Waals surface area (Å²) in [5, 5.41) is 0. The van der Waals surface area contributed by atoms with E-state index in [0.29, 0.717) is 17.5 Å². The van der Waals surface area contributed by atoms with Gasteiger partial charge in [-0.05, 0) is 62.5 Å². The van der Waals surface area contributed by atoms with E-state index in [1.54, 1.807) is 36.4 Å². The lowest BCUT2D eigenvalue weighted by atomic mass is 10.1. The molecule has 0 aliphatic carbocycles. The lowest BCUT2D eigenvalue weighted by Crippen LogP contribution is -2.11. The molecule has 0 amide bonds. The predicted octanol–water partition coefficient (Wildman–Crippen LogP) is 5.41. The number of hydrogen-bond acceptors (Lipinski definition) is 3. The van der Waals surface area contributed by atoms with Gasteiger partial charge in [-0.2, -0.15) is 0 Å². The molecule has 0 saturated heterocycles. The monoisotopic (exact) mass is 424 g/mol. The molecule has 0 spiro atoms. The highest BCUT2D eigenvalue weighted by atomic mass is 79.9. The predicted molar refractivity (Wildman–Crippen MR) is 92.5 cm³/mol. The van der Waals surface area contributed by atoms with E-state index in [2.05, 4.69) is 31.9 Å². The molecule has 0 atom stereocenters. The van der Waals surface area contributed by atoms with E-state index in [1.807, 2.05) is 13.0 Å². The van der Waals surface area contributed by atoms with Gasteiger partial charge in [0.25, 0.3) is 0 Å². The average molecular weight is 426 g/mol. The first-order chi connectivity index (χ1) is 10.5. The van der Waals surface area contributed by atoms with Crippen LogP contribution in [0.15, 0.2) is 51.4 Å². The normalized spacial score (nSPS) is 10.3. The minimum Gasteiger partial charge on any atom is -0.422 e. The number of hydrogen-bond donors (Lipinski definition) is 0. The molecule has 0 bridgehead atoms. The number of halogens is 2. The number of ether oxygens (including phenoxy) is 1. The molecule has 0 N–H and O–H groups in total. The Morgan fingerprint density at radius 3 is 2.32 bits per heavy atom. The van der Waals surface area contributed by atoms with Crippen LogP contribution < -0.4 is 4.74 Å². The van der Waals surface area contributed by atoms with E-state index in [4.69, 9.17) is 4.74 Å². The Morgan fingerprint density at radius 1 is 1.05 bits per heavy atom. The maximum absolute atomic E-state index is 12.2. The SMILES string of the molecule is CCCC(=O)c1cc(Br)c(Br)cc1OC(=O)c1ccccc1. The van der Waals surface area contributed by atoms with Crippen molar-refractivity contribution in [1.82, 2.24) is 0 Å². The van der Waals surface area contributed by atoms with Gasteiger partial charge in [0.05, 0.1) is 11.1 Å². The van der Waals surface area contributed by atoms with Gasteiger partial charge in [0.15, 0.2) is 5.78 Å². The van der Waals surface area contributed by atoms with Crippen LogP contribution in [0, 0.1) is 0 Å². The molecule has 3 nitrogen and oxygen atoms in total. The van der Waals surface area contributed by atoms with Crippen molar-refractivity contribution in [3.8, 4) is 5.75 Å². The number of carbonyl (C=O) groups is 2. The van der Waals surface area contributed by atoms with E-state index in [-0.39, 0.29) is 11.5 Å². The zero-order chi connectivity index (χ0) is 16.1. The number of ketones is 1. The van der Waals surface area contributed by atoms with Gasteiger partial charge in [-0.25, -0.2) is 4.79 Å². The minimum absolute atomic E-state index is 0.0495. The fourth-order valence-corrected chi connectivity index (χ4v) is 2.59. The molecular weight excluding hydrogens is 412 g/mol. The van der Waals surface area contributed by atoms with Crippen LogP contribution in [0.3, 0.4) is 0 Å². The summed E-state index contributed by atoms with van der Waals surface area (Å²) < 4.78 is 6.89. The van der Waals surface area contributed by atoms with Crippen LogP contribution in [0.5, 0.6) is 5.75 Å². The summed E-state index contributed by atoms with van der Waals surface area (Å²) in [6.45, 7) is 1.93. The lowest BCUT2D eigenvalue weighted by molar-refractivity contribution is 0.0732. The Bertz CT molecular complexity index is 697. The zero-order valence-electron chi connectivity index (χ0n) is 11.9. The van der Waals surface area contributed by atoms with Crippen LogP contribution in [0.25, 0.3) is 0 Å². The highest BCUT2D eigenvalue weighted by molar-refractivity contribution is 9.13. The van der Waals surface area contributed by atoms with Gasteiger partial charge >= 0.3 is 5.97 Å². The summed E-state index contributed by atoms with van der Waals surface area (Å²) in [5.74, 6) is -0.269. The van der Waals surface area contributed by atoms with Crippen LogP contribution in [-0.4, -0.2) is 11.8 Å². The van der Waals surface area contributed by atoms with Gasteiger partial charge in [0.1, 0.15) is 5.75 Å². The Morgan fingerprint density at radius 2 is 1.68 bits per heavy atom. The van der Waals surface area contributed by atoms with Crippen molar-refractivity contribution < 1.29 is 14.3 Å². The van der Waals surface area contributed by atoms with Crippen molar-refractivity contribution in [2.75, 3.05) is 0 Å². The van der Waals surface area contributed by atoms with Crippen LogP contribution in [0.1, 0.15) is 40.5 Å². The fraction of sp³-hybridized carbons (Fsp3) is 0.176. The molecule has 0 radical (unpaired) electrons. The molecule has 0 fully saturated rings. The first-order valence-corrected chi connectivity index (χ1v) is 8.41. The third-order valence-electron chi connectivity index (χ3n) is 3.01. The largest absolute Gasteiger partial charge is 0.422 e. The Labute approximate surface area is 145 Å². The van der Waals surface area contributed by atoms with Crippen LogP contribution in [-0.2, 0) is 0 Å². The summed E-state index contributed by atoms with van der Waals surface area (Å²) in [5.41, 5.74) is 0.844. The molecule has 5 heteroatoms. The average Bonchev–Trinajstić information content (AvgIpc) is 2.51. The van der Waals surface area contributed by atoms with Gasteiger partial charge in [0, 0.05) is 15.4 Å². The standard InChI is InChI=1S/C17H14Br2O3/c1-2-6-15(20)12-9-13(18)14(19)10-16(12)22-17(21)11-7-4-3-5-8-11/h3-5,7-10H,2,6H2,1H3. The van der Waals surface area contributed by atoms with Gasteiger partial charge in [0.2, 0.25) is 0 Å². The topological polar surface area (TPSA) is 43.4 Å². The molecule has 0 aliphatic heterocycles. The van der Waals surface area contributed by atoms with E-state index >= 15 is 0 Å². The second-order valence-electron chi connectivity index (χ2n) is 4.69. The van der Waals surface area contributed by atoms with Gasteiger partial charge in [-0.1, -0.05) is 25.1 Å². The number of benzene rings is 2. The highest BCUT2D eigenvalue weighted by Crippen LogP contribution is 2.32. The van der Waals surface area contributed by atoms with Crippen molar-refractivity contribution in [3.05, 3.63) is 62.5 Å². The molecule has 114 valence electrons. The van der Waals surface area contributed by atoms with Crippen molar-refractivity contribution in [2.24, 2.45) is 0 Å².